The van der Waals surface area contributed by atoms with Crippen LogP contribution < -0.4 is 0 Å². The summed E-state index contributed by atoms with van der Waals surface area (Å²) < 4.78 is 4.68. The molecule has 1 atom stereocenters. The minimum Gasteiger partial charge on any atom is -0.465 e. The highest BCUT2D eigenvalue weighted by Crippen LogP contribution is 2.16. The standard InChI is InChI=1S/C19H22N2O3/c1-4-14(2)21(13-15-9-11-20-12-10-15)18(22)16-5-7-17(8-6-16)19(23)24-3/h5-12,14H,4,13H2,1-3H3/t14-/m0/s1. The minimum atomic E-state index is -0.412. The zero-order valence-corrected chi connectivity index (χ0v) is 14.2. The first kappa shape index (κ1) is 17.7. The Morgan fingerprint density at radius 1 is 1.08 bits per heavy atom. The predicted octanol–water partition coefficient (Wildman–Crippen LogP) is 3.31. The molecule has 1 amide bonds. The maximum Gasteiger partial charge on any atom is 0.337 e. The van der Waals surface area contributed by atoms with Crippen molar-refractivity contribution in [3.63, 3.8) is 0 Å². The molecule has 1 aromatic carbocycles. The molecule has 0 unspecified atom stereocenters. The second-order valence-electron chi connectivity index (χ2n) is 5.61. The first-order valence-corrected chi connectivity index (χ1v) is 7.95. The molecule has 24 heavy (non-hydrogen) atoms. The molecule has 0 saturated carbocycles. The van der Waals surface area contributed by atoms with Gasteiger partial charge < -0.3 is 9.64 Å². The Labute approximate surface area is 142 Å². The van der Waals surface area contributed by atoms with E-state index in [1.165, 1.54) is 7.11 Å². The Morgan fingerprint density at radius 3 is 2.21 bits per heavy atom. The van der Waals surface area contributed by atoms with Crippen molar-refractivity contribution >= 4 is 11.9 Å². The third-order valence-electron chi connectivity index (χ3n) is 4.04. The summed E-state index contributed by atoms with van der Waals surface area (Å²) in [6.07, 6.45) is 4.30. The lowest BCUT2D eigenvalue weighted by Gasteiger charge is -2.29. The number of methoxy groups -OCH3 is 1. The maximum atomic E-state index is 12.9. The van der Waals surface area contributed by atoms with Gasteiger partial charge in [0.1, 0.15) is 0 Å². The number of benzene rings is 1. The van der Waals surface area contributed by atoms with Crippen LogP contribution in [0.15, 0.2) is 48.8 Å². The number of rotatable bonds is 6. The van der Waals surface area contributed by atoms with Gasteiger partial charge in [-0.15, -0.1) is 0 Å². The van der Waals surface area contributed by atoms with Gasteiger partial charge >= 0.3 is 5.97 Å². The van der Waals surface area contributed by atoms with Gasteiger partial charge in [0, 0.05) is 30.5 Å². The summed E-state index contributed by atoms with van der Waals surface area (Å²) in [6.45, 7) is 4.61. The SMILES string of the molecule is CC[C@H](C)N(Cc1ccncc1)C(=O)c1ccc(C(=O)OC)cc1. The third-order valence-corrected chi connectivity index (χ3v) is 4.04. The molecular weight excluding hydrogens is 304 g/mol. The van der Waals surface area contributed by atoms with Gasteiger partial charge in [-0.3, -0.25) is 9.78 Å². The van der Waals surface area contributed by atoms with Crippen LogP contribution in [0.1, 0.15) is 46.5 Å². The third kappa shape index (κ3) is 4.19. The number of ether oxygens (including phenoxy) is 1. The van der Waals surface area contributed by atoms with Crippen molar-refractivity contribution < 1.29 is 14.3 Å². The molecule has 0 N–H and O–H groups in total. The van der Waals surface area contributed by atoms with Crippen molar-refractivity contribution in [3.05, 3.63) is 65.5 Å². The quantitative estimate of drug-likeness (QED) is 0.764. The second kappa shape index (κ2) is 8.24. The van der Waals surface area contributed by atoms with Crippen LogP contribution in [0, 0.1) is 0 Å². The normalized spacial score (nSPS) is 11.6. The molecule has 0 aliphatic rings. The maximum absolute atomic E-state index is 12.9. The number of hydrogen-bond acceptors (Lipinski definition) is 4. The van der Waals surface area contributed by atoms with Gasteiger partial charge in [-0.2, -0.15) is 0 Å². The molecule has 0 aliphatic heterocycles. The summed E-state index contributed by atoms with van der Waals surface area (Å²) in [7, 11) is 1.33. The highest BCUT2D eigenvalue weighted by atomic mass is 16.5. The van der Waals surface area contributed by atoms with Crippen molar-refractivity contribution in [2.24, 2.45) is 0 Å². The molecule has 126 valence electrons. The predicted molar refractivity (Wildman–Crippen MR) is 91.6 cm³/mol. The summed E-state index contributed by atoms with van der Waals surface area (Å²) in [5.41, 5.74) is 2.01. The molecule has 1 heterocycles. The molecule has 0 spiro atoms. The van der Waals surface area contributed by atoms with E-state index in [-0.39, 0.29) is 11.9 Å². The summed E-state index contributed by atoms with van der Waals surface area (Å²) in [6, 6.07) is 10.5. The number of esters is 1. The molecule has 5 nitrogen and oxygen atoms in total. The van der Waals surface area contributed by atoms with Crippen LogP contribution >= 0.6 is 0 Å². The number of carbonyl (C=O) groups is 2. The molecule has 0 aliphatic carbocycles. The number of pyridine rings is 1. The van der Waals surface area contributed by atoms with Gasteiger partial charge in [0.2, 0.25) is 0 Å². The van der Waals surface area contributed by atoms with E-state index in [4.69, 9.17) is 0 Å². The van der Waals surface area contributed by atoms with Crippen molar-refractivity contribution in [1.29, 1.82) is 0 Å². The van der Waals surface area contributed by atoms with E-state index in [2.05, 4.69) is 16.6 Å². The second-order valence-corrected chi connectivity index (χ2v) is 5.61. The summed E-state index contributed by atoms with van der Waals surface area (Å²) in [5.74, 6) is -0.470. The van der Waals surface area contributed by atoms with E-state index in [9.17, 15) is 9.59 Å². The molecule has 0 saturated heterocycles. The monoisotopic (exact) mass is 326 g/mol. The number of nitrogens with zero attached hydrogens (tertiary/aromatic N) is 2. The molecule has 0 radical (unpaired) electrons. The van der Waals surface area contributed by atoms with Gasteiger partial charge in [-0.25, -0.2) is 4.79 Å². The van der Waals surface area contributed by atoms with Crippen molar-refractivity contribution in [3.8, 4) is 0 Å². The van der Waals surface area contributed by atoms with Crippen LogP contribution in [0.25, 0.3) is 0 Å². The number of carbonyl (C=O) groups excluding carboxylic acids is 2. The fourth-order valence-electron chi connectivity index (χ4n) is 2.37. The van der Waals surface area contributed by atoms with Gasteiger partial charge in [-0.05, 0) is 55.3 Å². The van der Waals surface area contributed by atoms with Crippen LogP contribution in [0.4, 0.5) is 0 Å². The van der Waals surface area contributed by atoms with Crippen LogP contribution in [-0.4, -0.2) is 34.9 Å². The number of hydrogen-bond donors (Lipinski definition) is 0. The van der Waals surface area contributed by atoms with Crippen LogP contribution in [-0.2, 0) is 11.3 Å². The van der Waals surface area contributed by atoms with Crippen molar-refractivity contribution in [2.45, 2.75) is 32.9 Å². The average Bonchev–Trinajstić information content (AvgIpc) is 2.65. The average molecular weight is 326 g/mol. The Kier molecular flexibility index (Phi) is 6.07. The van der Waals surface area contributed by atoms with Crippen LogP contribution in [0.3, 0.4) is 0 Å². The van der Waals surface area contributed by atoms with Crippen molar-refractivity contribution in [1.82, 2.24) is 9.88 Å². The van der Waals surface area contributed by atoms with E-state index >= 15 is 0 Å². The topological polar surface area (TPSA) is 59.5 Å². The molecule has 2 aromatic rings. The Bertz CT molecular complexity index is 684. The smallest absolute Gasteiger partial charge is 0.337 e. The summed E-state index contributed by atoms with van der Waals surface area (Å²) >= 11 is 0. The highest BCUT2D eigenvalue weighted by molar-refractivity contribution is 5.96. The zero-order valence-electron chi connectivity index (χ0n) is 14.2. The molecule has 5 heteroatoms. The van der Waals surface area contributed by atoms with Gasteiger partial charge in [0.25, 0.3) is 5.91 Å². The fraction of sp³-hybridized carbons (Fsp3) is 0.316. The Balaban J connectivity index is 2.22. The van der Waals surface area contributed by atoms with E-state index in [1.54, 1.807) is 36.7 Å². The minimum absolute atomic E-state index is 0.0578. The van der Waals surface area contributed by atoms with Crippen molar-refractivity contribution in [2.75, 3.05) is 7.11 Å². The van der Waals surface area contributed by atoms with Gasteiger partial charge in [-0.1, -0.05) is 6.92 Å². The Hall–Kier alpha value is -2.69. The number of aromatic nitrogens is 1. The fourth-order valence-corrected chi connectivity index (χ4v) is 2.37. The molecular formula is C19H22N2O3. The lowest BCUT2D eigenvalue weighted by Crippen LogP contribution is -2.37. The number of amides is 1. The molecule has 0 fully saturated rings. The molecule has 2 rings (SSSR count). The largest absolute Gasteiger partial charge is 0.465 e. The van der Waals surface area contributed by atoms with E-state index in [0.29, 0.717) is 17.7 Å². The van der Waals surface area contributed by atoms with Crippen LogP contribution in [0.2, 0.25) is 0 Å². The first-order valence-electron chi connectivity index (χ1n) is 7.95. The van der Waals surface area contributed by atoms with E-state index in [0.717, 1.165) is 12.0 Å². The molecule has 1 aromatic heterocycles. The lowest BCUT2D eigenvalue weighted by molar-refractivity contribution is 0.0598. The first-order chi connectivity index (χ1) is 11.6. The molecule has 0 bridgehead atoms. The van der Waals surface area contributed by atoms with E-state index < -0.39 is 5.97 Å². The van der Waals surface area contributed by atoms with E-state index in [1.807, 2.05) is 24.0 Å². The Morgan fingerprint density at radius 2 is 1.67 bits per heavy atom. The van der Waals surface area contributed by atoms with Crippen LogP contribution in [0.5, 0.6) is 0 Å². The van der Waals surface area contributed by atoms with Gasteiger partial charge in [0.05, 0.1) is 12.7 Å². The lowest BCUT2D eigenvalue weighted by atomic mass is 10.1. The summed E-state index contributed by atoms with van der Waals surface area (Å²) in [5, 5.41) is 0. The zero-order chi connectivity index (χ0) is 17.5. The van der Waals surface area contributed by atoms with Gasteiger partial charge in [0.15, 0.2) is 0 Å². The summed E-state index contributed by atoms with van der Waals surface area (Å²) in [4.78, 5) is 30.2. The highest BCUT2D eigenvalue weighted by Gasteiger charge is 2.21.